The summed E-state index contributed by atoms with van der Waals surface area (Å²) in [6, 6.07) is 0.926. The van der Waals surface area contributed by atoms with E-state index in [2.05, 4.69) is 25.0 Å². The van der Waals surface area contributed by atoms with E-state index < -0.39 is 64.8 Å². The monoisotopic (exact) mass is 524 g/mol. The van der Waals surface area contributed by atoms with Crippen LogP contribution >= 0.6 is 22.4 Å². The van der Waals surface area contributed by atoms with Crippen molar-refractivity contribution in [1.29, 1.82) is 0 Å². The number of nitrogens with one attached hydrogen (secondary N) is 1. The van der Waals surface area contributed by atoms with E-state index in [4.69, 9.17) is 4.74 Å². The Hall–Kier alpha value is 1.78. The maximum atomic E-state index is 11.8. The van der Waals surface area contributed by atoms with Crippen LogP contribution in [0.5, 0.6) is 0 Å². The molecule has 3 N–H and O–H groups in total. The molecule has 0 spiro atoms. The van der Waals surface area contributed by atoms with Gasteiger partial charge >= 0.3 is 81.1 Å². The van der Waals surface area contributed by atoms with E-state index in [1.165, 1.54) is 0 Å². The summed E-state index contributed by atoms with van der Waals surface area (Å²) in [5.41, 5.74) is -1.73. The number of phosphoric acid groups is 2. The number of aliphatic hydroxyl groups excluding tert-OH is 2. The second-order valence-electron chi connectivity index (χ2n) is 5.36. The molecule has 1 aromatic rings. The quantitative estimate of drug-likeness (QED) is 0.211. The van der Waals surface area contributed by atoms with Gasteiger partial charge in [0.25, 0.3) is 13.4 Å². The van der Waals surface area contributed by atoms with Crippen molar-refractivity contribution < 1.29 is 132 Å². The maximum Gasteiger partial charge on any atom is 1.00 e. The predicted octanol–water partition coefficient (Wildman–Crippen LogP) is -16.9. The van der Waals surface area contributed by atoms with Gasteiger partial charge in [0.05, 0.1) is 14.4 Å². The molecule has 0 radical (unpaired) electrons. The van der Waals surface area contributed by atoms with Gasteiger partial charge in [-0.05, 0) is 0 Å². The summed E-state index contributed by atoms with van der Waals surface area (Å²) in [7, 11) is -12.0. The Labute approximate surface area is 238 Å². The van der Waals surface area contributed by atoms with Gasteiger partial charge in [-0.25, -0.2) is 4.79 Å². The first kappa shape index (κ1) is 39.3. The Balaban J connectivity index is -0.00000225. The number of rotatable bonds is 8. The van der Waals surface area contributed by atoms with Gasteiger partial charge in [-0.15, -0.1) is 0 Å². The molecule has 0 amide bonds. The van der Waals surface area contributed by atoms with Crippen LogP contribution in [-0.2, 0) is 38.8 Å². The Bertz CT molecular complexity index is 1020. The van der Waals surface area contributed by atoms with E-state index >= 15 is 0 Å². The van der Waals surface area contributed by atoms with Crippen molar-refractivity contribution >= 4 is 34.2 Å². The minimum atomic E-state index is -6.06. The molecule has 16 nitrogen and oxygen atoms in total. The number of hydrogen-bond acceptors (Lipinski definition) is 15. The average molecular weight is 524 g/mol. The largest absolute Gasteiger partial charge is 1.00 e. The molecule has 0 bridgehead atoms. The van der Waals surface area contributed by atoms with Crippen molar-refractivity contribution in [2.24, 2.45) is 0 Å². The molecule has 33 heavy (non-hydrogen) atoms. The molecule has 6 atom stereocenters. The number of hydrogen-bond donors (Lipinski definition) is 3. The molecule has 1 fully saturated rings. The first-order chi connectivity index (χ1) is 13.1. The Morgan fingerprint density at radius 2 is 1.61 bits per heavy atom. The zero-order valence-corrected chi connectivity index (χ0v) is 21.2. The van der Waals surface area contributed by atoms with E-state index in [1.807, 2.05) is 4.98 Å². The summed E-state index contributed by atoms with van der Waals surface area (Å²) >= 11 is 4.21. The van der Waals surface area contributed by atoms with Crippen LogP contribution < -0.4 is 106 Å². The molecule has 2 rings (SSSR count). The number of ether oxygens (including phenoxy) is 1. The minimum Gasteiger partial charge on any atom is -0.790 e. The topological polar surface area (TPSA) is 259 Å². The van der Waals surface area contributed by atoms with Gasteiger partial charge < -0.3 is 43.6 Å². The number of aromatic nitrogens is 2. The van der Waals surface area contributed by atoms with E-state index in [1.54, 1.807) is 0 Å². The number of aromatic amines is 1. The predicted molar refractivity (Wildman–Crippen MR) is 84.9 cm³/mol. The Morgan fingerprint density at radius 3 is 2.09 bits per heavy atom. The molecule has 0 aromatic carbocycles. The molecule has 2 heterocycles. The molecule has 0 saturated carbocycles. The molecule has 0 aliphatic carbocycles. The zero-order chi connectivity index (χ0) is 22.2. The van der Waals surface area contributed by atoms with Crippen molar-refractivity contribution in [3.63, 3.8) is 0 Å². The van der Waals surface area contributed by atoms with Crippen LogP contribution in [0.2, 0.25) is 0 Å². The van der Waals surface area contributed by atoms with Gasteiger partial charge in [-0.1, -0.05) is 11.8 Å². The molecule has 6 unspecified atom stereocenters. The minimum absolute atomic E-state index is 0. The van der Waals surface area contributed by atoms with Crippen molar-refractivity contribution in [3.8, 4) is 0 Å². The van der Waals surface area contributed by atoms with Crippen molar-refractivity contribution in [1.82, 2.24) is 9.55 Å². The van der Waals surface area contributed by atoms with Crippen molar-refractivity contribution in [2.45, 2.75) is 24.5 Å². The summed E-state index contributed by atoms with van der Waals surface area (Å²) in [4.78, 5) is 68.3. The van der Waals surface area contributed by atoms with Crippen LogP contribution in [-0.4, -0.2) is 44.7 Å². The molecule has 1 aliphatic heterocycles. The summed E-state index contributed by atoms with van der Waals surface area (Å²) in [5.74, 6) is 0. The number of nitrogens with zero attached hydrogens (tertiary/aromatic N) is 1. The zero-order valence-electron chi connectivity index (χ0n) is 17.7. The Kier molecular flexibility index (Phi) is 18.2. The van der Waals surface area contributed by atoms with Crippen LogP contribution in [0.4, 0.5) is 0 Å². The van der Waals surface area contributed by atoms with Gasteiger partial charge in [-0.2, -0.15) is 0 Å². The molecule has 1 saturated heterocycles. The summed E-state index contributed by atoms with van der Waals surface area (Å²) in [6.07, 6.45) is -5.58. The fourth-order valence-electron chi connectivity index (χ4n) is 2.17. The SMILES string of the molecule is O=c1ccn(C2OC(COP([O-])(=S)OP(=O)([O-])OP(=O)([O-])[O-])C(O)C2O)c(=O)[nH]1.[Li+].[Li+].[Li+].[Li+]. The fraction of sp³-hybridized carbons (Fsp3) is 0.556. The van der Waals surface area contributed by atoms with Gasteiger partial charge in [0, 0.05) is 12.3 Å². The smallest absolute Gasteiger partial charge is 0.790 e. The first-order valence-electron chi connectivity index (χ1n) is 7.15. The molecular weight excluding hydrogens is 513 g/mol. The molecule has 1 aromatic heterocycles. The average Bonchev–Trinajstić information content (AvgIpc) is 2.78. The first-order valence-corrected chi connectivity index (χ1v) is 12.6. The third-order valence-electron chi connectivity index (χ3n) is 3.26. The molecule has 1 aliphatic rings. The van der Waals surface area contributed by atoms with Gasteiger partial charge in [-0.3, -0.25) is 27.5 Å². The molecule has 24 heteroatoms. The second kappa shape index (κ2) is 15.3. The summed E-state index contributed by atoms with van der Waals surface area (Å²) in [6.45, 7) is -5.97. The summed E-state index contributed by atoms with van der Waals surface area (Å²) < 4.78 is 38.7. The van der Waals surface area contributed by atoms with E-state index in [-0.39, 0.29) is 75.4 Å². The third kappa shape index (κ3) is 12.2. The van der Waals surface area contributed by atoms with Crippen LogP contribution in [0.1, 0.15) is 6.23 Å². The van der Waals surface area contributed by atoms with Crippen molar-refractivity contribution in [2.75, 3.05) is 6.61 Å². The van der Waals surface area contributed by atoms with Crippen LogP contribution in [0.15, 0.2) is 21.9 Å². The van der Waals surface area contributed by atoms with Crippen LogP contribution in [0.25, 0.3) is 0 Å². The van der Waals surface area contributed by atoms with Crippen LogP contribution in [0, 0.1) is 0 Å². The van der Waals surface area contributed by atoms with Gasteiger partial charge in [0.2, 0.25) is 0 Å². The van der Waals surface area contributed by atoms with Gasteiger partial charge in [0.15, 0.2) is 6.23 Å². The number of aliphatic hydroxyl groups is 2. The Morgan fingerprint density at radius 1 is 1.06 bits per heavy atom. The van der Waals surface area contributed by atoms with E-state index in [0.29, 0.717) is 0 Å². The molecular formula is C9H11Li4N2O14P3S. The van der Waals surface area contributed by atoms with E-state index in [0.717, 1.165) is 16.8 Å². The molecule has 166 valence electrons. The van der Waals surface area contributed by atoms with E-state index in [9.17, 15) is 48.5 Å². The van der Waals surface area contributed by atoms with Crippen LogP contribution in [0.3, 0.4) is 0 Å². The fourth-order valence-corrected chi connectivity index (χ4v) is 5.96. The second-order valence-corrected chi connectivity index (χ2v) is 11.0. The normalized spacial score (nSPS) is 25.8. The number of H-pyrrole nitrogens is 1. The summed E-state index contributed by atoms with van der Waals surface area (Å²) in [5, 5.41) is 19.9. The third-order valence-corrected chi connectivity index (χ3v) is 7.84. The maximum absolute atomic E-state index is 11.8. The van der Waals surface area contributed by atoms with Crippen molar-refractivity contribution in [3.05, 3.63) is 33.1 Å². The van der Waals surface area contributed by atoms with Gasteiger partial charge in [0.1, 0.15) is 25.0 Å². The standard InChI is InChI=1S/C9H15N2O14P3S.4Li/c12-5-1-2-11(9(15)10-5)8-7(14)6(13)4(23-8)3-22-28(21,29)25-27(19,20)24-26(16,17)18;;;;/h1-2,4,6-8,13-14H,3H2,(H,19,20)(H,21,29)(H,10,12,15)(H2,16,17,18);;;;/q;4*+1/p-4.